The van der Waals surface area contributed by atoms with Gasteiger partial charge in [0.25, 0.3) is 5.91 Å². The third-order valence-corrected chi connectivity index (χ3v) is 4.98. The standard InChI is InChI=1S/C19H26N4O4S.ClH/c1-13(2)11-15(20-16(24)12-27-14-7-5-4-6-8-14)17(25)18(26)21-22-19-23(3)9-10-28-19;/h4-8,13,15H,9-12H2,1-3H3,(H,20,24)(H,21,26);1H/b22-19-;/t15-;/m0./s1. The number of nitrogens with zero attached hydrogens (tertiary/aromatic N) is 2. The first-order chi connectivity index (χ1) is 13.4. The molecule has 0 radical (unpaired) electrons. The number of hydrazone groups is 1. The van der Waals surface area contributed by atoms with E-state index >= 15 is 0 Å². The van der Waals surface area contributed by atoms with Gasteiger partial charge in [-0.25, -0.2) is 5.43 Å². The molecule has 1 aliphatic heterocycles. The van der Waals surface area contributed by atoms with Crippen molar-refractivity contribution in [1.29, 1.82) is 0 Å². The first-order valence-corrected chi connectivity index (χ1v) is 10.1. The van der Waals surface area contributed by atoms with Crippen molar-refractivity contribution in [2.45, 2.75) is 26.3 Å². The molecule has 1 fully saturated rings. The number of halogens is 1. The first kappa shape index (κ1) is 24.8. The summed E-state index contributed by atoms with van der Waals surface area (Å²) in [6, 6.07) is 7.97. The minimum absolute atomic E-state index is 0. The van der Waals surface area contributed by atoms with Crippen molar-refractivity contribution in [2.24, 2.45) is 11.0 Å². The van der Waals surface area contributed by atoms with Crippen LogP contribution in [0, 0.1) is 5.92 Å². The molecule has 2 amide bonds. The molecule has 0 saturated carbocycles. The van der Waals surface area contributed by atoms with E-state index < -0.39 is 23.6 Å². The average Bonchev–Trinajstić information content (AvgIpc) is 3.08. The van der Waals surface area contributed by atoms with Crippen LogP contribution in [0.5, 0.6) is 5.75 Å². The molecule has 1 aromatic carbocycles. The second-order valence-corrected chi connectivity index (χ2v) is 7.88. The van der Waals surface area contributed by atoms with Gasteiger partial charge in [0, 0.05) is 19.3 Å². The zero-order chi connectivity index (χ0) is 20.5. The van der Waals surface area contributed by atoms with Crippen molar-refractivity contribution >= 4 is 46.9 Å². The smallest absolute Gasteiger partial charge is 0.309 e. The summed E-state index contributed by atoms with van der Waals surface area (Å²) in [6.45, 7) is 4.42. The minimum Gasteiger partial charge on any atom is -0.484 e. The highest BCUT2D eigenvalue weighted by molar-refractivity contribution is 8.14. The molecule has 2 N–H and O–H groups in total. The predicted octanol–water partition coefficient (Wildman–Crippen LogP) is 1.65. The Morgan fingerprint density at radius 2 is 1.93 bits per heavy atom. The summed E-state index contributed by atoms with van der Waals surface area (Å²) in [7, 11) is 1.86. The number of para-hydroxylation sites is 1. The van der Waals surface area contributed by atoms with Crippen LogP contribution in [-0.4, -0.2) is 59.7 Å². The van der Waals surface area contributed by atoms with Gasteiger partial charge in [0.2, 0.25) is 5.78 Å². The number of carbonyl (C=O) groups excluding carboxylic acids is 3. The monoisotopic (exact) mass is 442 g/mol. The summed E-state index contributed by atoms with van der Waals surface area (Å²) in [5, 5.41) is 7.24. The van der Waals surface area contributed by atoms with E-state index in [0.29, 0.717) is 17.3 Å². The summed E-state index contributed by atoms with van der Waals surface area (Å²) >= 11 is 1.50. The molecular formula is C19H27ClN4O4S. The summed E-state index contributed by atoms with van der Waals surface area (Å²) < 4.78 is 5.39. The summed E-state index contributed by atoms with van der Waals surface area (Å²) in [5.41, 5.74) is 2.29. The molecule has 1 aromatic rings. The van der Waals surface area contributed by atoms with Crippen molar-refractivity contribution in [1.82, 2.24) is 15.6 Å². The van der Waals surface area contributed by atoms with Crippen LogP contribution in [0.4, 0.5) is 0 Å². The Kier molecular flexibility index (Phi) is 10.5. The van der Waals surface area contributed by atoms with Gasteiger partial charge >= 0.3 is 5.91 Å². The van der Waals surface area contributed by atoms with E-state index in [0.717, 1.165) is 12.3 Å². The second-order valence-electron chi connectivity index (χ2n) is 6.82. The lowest BCUT2D eigenvalue weighted by Crippen LogP contribution is -2.48. The van der Waals surface area contributed by atoms with Gasteiger partial charge in [-0.2, -0.15) is 0 Å². The fourth-order valence-corrected chi connectivity index (χ4v) is 3.48. The van der Waals surface area contributed by atoms with Crippen molar-refractivity contribution in [3.05, 3.63) is 30.3 Å². The molecule has 0 spiro atoms. The molecule has 160 valence electrons. The second kappa shape index (κ2) is 12.3. The van der Waals surface area contributed by atoms with Crippen molar-refractivity contribution in [3.8, 4) is 5.75 Å². The number of hydrogen-bond donors (Lipinski definition) is 2. The van der Waals surface area contributed by atoms with Crippen molar-refractivity contribution in [2.75, 3.05) is 26.0 Å². The number of amides is 2. The average molecular weight is 443 g/mol. The molecule has 0 bridgehead atoms. The fourth-order valence-electron chi connectivity index (χ4n) is 2.51. The molecule has 0 aliphatic carbocycles. The first-order valence-electron chi connectivity index (χ1n) is 9.10. The summed E-state index contributed by atoms with van der Waals surface area (Å²) in [5.74, 6) is -0.490. The molecule has 1 atom stereocenters. The van der Waals surface area contributed by atoms with E-state index in [9.17, 15) is 14.4 Å². The molecule has 1 aliphatic rings. The van der Waals surface area contributed by atoms with E-state index in [1.807, 2.05) is 31.9 Å². The highest BCUT2D eigenvalue weighted by Gasteiger charge is 2.28. The Hall–Kier alpha value is -2.26. The minimum atomic E-state index is -0.930. The maximum absolute atomic E-state index is 12.5. The van der Waals surface area contributed by atoms with Crippen molar-refractivity contribution < 1.29 is 19.1 Å². The van der Waals surface area contributed by atoms with Crippen LogP contribution in [-0.2, 0) is 14.4 Å². The Balaban J connectivity index is 0.00000420. The lowest BCUT2D eigenvalue weighted by molar-refractivity contribution is -0.140. The van der Waals surface area contributed by atoms with E-state index in [2.05, 4.69) is 15.8 Å². The zero-order valence-corrected chi connectivity index (χ0v) is 18.3. The lowest BCUT2D eigenvalue weighted by atomic mass is 10.00. The molecule has 8 nitrogen and oxygen atoms in total. The Bertz CT molecular complexity index is 730. The van der Waals surface area contributed by atoms with Crippen LogP contribution < -0.4 is 15.5 Å². The maximum atomic E-state index is 12.5. The van der Waals surface area contributed by atoms with E-state index in [1.165, 1.54) is 11.8 Å². The Morgan fingerprint density at radius 3 is 2.52 bits per heavy atom. The number of ether oxygens (including phenoxy) is 1. The highest BCUT2D eigenvalue weighted by Crippen LogP contribution is 2.15. The Morgan fingerprint density at radius 1 is 1.24 bits per heavy atom. The largest absolute Gasteiger partial charge is 0.484 e. The summed E-state index contributed by atoms with van der Waals surface area (Å²) in [6.07, 6.45) is 0.342. The molecule has 0 aromatic heterocycles. The van der Waals surface area contributed by atoms with Crippen LogP contribution in [0.15, 0.2) is 35.4 Å². The van der Waals surface area contributed by atoms with Gasteiger partial charge in [0.05, 0.1) is 6.04 Å². The predicted molar refractivity (Wildman–Crippen MR) is 116 cm³/mol. The normalized spacial score (nSPS) is 15.6. The van der Waals surface area contributed by atoms with Gasteiger partial charge in [0.15, 0.2) is 11.8 Å². The number of Topliss-reactive ketones (excluding diaryl/α,β-unsaturated/α-hetero) is 1. The van der Waals surface area contributed by atoms with Gasteiger partial charge in [-0.1, -0.05) is 43.8 Å². The number of ketones is 1. The number of amidine groups is 1. The molecule has 29 heavy (non-hydrogen) atoms. The van der Waals surface area contributed by atoms with Gasteiger partial charge in [0.1, 0.15) is 5.75 Å². The van der Waals surface area contributed by atoms with E-state index in [4.69, 9.17) is 4.74 Å². The third kappa shape index (κ3) is 8.33. The Labute approximate surface area is 181 Å². The number of hydrogen-bond acceptors (Lipinski definition) is 6. The maximum Gasteiger partial charge on any atom is 0.309 e. The highest BCUT2D eigenvalue weighted by atomic mass is 35.5. The number of nitrogens with one attached hydrogen (secondary N) is 2. The van der Waals surface area contributed by atoms with E-state index in [1.54, 1.807) is 24.3 Å². The third-order valence-electron chi connectivity index (χ3n) is 3.93. The van der Waals surface area contributed by atoms with Gasteiger partial charge in [-0.15, -0.1) is 17.5 Å². The van der Waals surface area contributed by atoms with Crippen LogP contribution in [0.2, 0.25) is 0 Å². The van der Waals surface area contributed by atoms with Crippen LogP contribution in [0.3, 0.4) is 0 Å². The molecule has 10 heteroatoms. The number of carbonyl (C=O) groups is 3. The summed E-state index contributed by atoms with van der Waals surface area (Å²) in [4.78, 5) is 38.8. The molecule has 0 unspecified atom stereocenters. The number of rotatable bonds is 9. The van der Waals surface area contributed by atoms with Crippen LogP contribution >= 0.6 is 24.2 Å². The lowest BCUT2D eigenvalue weighted by Gasteiger charge is -2.19. The quantitative estimate of drug-likeness (QED) is 0.445. The zero-order valence-electron chi connectivity index (χ0n) is 16.7. The molecule has 1 saturated heterocycles. The fraction of sp³-hybridized carbons (Fsp3) is 0.474. The van der Waals surface area contributed by atoms with Crippen LogP contribution in [0.25, 0.3) is 0 Å². The van der Waals surface area contributed by atoms with Crippen molar-refractivity contribution in [3.63, 3.8) is 0 Å². The molecule has 2 rings (SSSR count). The number of thioether (sulfide) groups is 1. The molecule has 1 heterocycles. The van der Waals surface area contributed by atoms with Gasteiger partial charge in [-0.3, -0.25) is 14.4 Å². The van der Waals surface area contributed by atoms with Crippen LogP contribution in [0.1, 0.15) is 20.3 Å². The van der Waals surface area contributed by atoms with Gasteiger partial charge < -0.3 is 15.0 Å². The van der Waals surface area contributed by atoms with Gasteiger partial charge in [-0.05, 0) is 24.5 Å². The SMILES string of the molecule is CC(C)C[C@H](NC(=O)COc1ccccc1)C(=O)C(=O)N/N=C1\SCCN1C.Cl. The number of benzene rings is 1. The van der Waals surface area contributed by atoms with E-state index in [-0.39, 0.29) is 24.9 Å². The molecular weight excluding hydrogens is 416 g/mol. The topological polar surface area (TPSA) is 100 Å².